The summed E-state index contributed by atoms with van der Waals surface area (Å²) in [6, 6.07) is 4.25. The van der Waals surface area contributed by atoms with E-state index in [1.165, 1.54) is 25.2 Å². The van der Waals surface area contributed by atoms with Crippen LogP contribution >= 0.6 is 15.9 Å². The molecule has 0 aliphatic carbocycles. The smallest absolute Gasteiger partial charge is 0.437 e. The van der Waals surface area contributed by atoms with Gasteiger partial charge in [-0.1, -0.05) is 15.9 Å². The molecule has 3 rings (SSSR count). The van der Waals surface area contributed by atoms with Crippen LogP contribution in [-0.2, 0) is 25.0 Å². The molecule has 0 saturated carbocycles. The Morgan fingerprint density at radius 3 is 2.79 bits per heavy atom. The fraction of sp³-hybridized carbons (Fsp3) is 0.529. The van der Waals surface area contributed by atoms with E-state index in [2.05, 4.69) is 26.2 Å². The zero-order valence-electron chi connectivity index (χ0n) is 15.8. The molecule has 1 N–H and O–H groups in total. The van der Waals surface area contributed by atoms with Gasteiger partial charge in [0.05, 0.1) is 13.2 Å². The lowest BCUT2D eigenvalue weighted by Gasteiger charge is -2.43. The Bertz CT molecular complexity index is 947. The molecule has 154 valence electrons. The number of rotatable bonds is 1. The zero-order chi connectivity index (χ0) is 20.9. The van der Waals surface area contributed by atoms with Crippen LogP contribution in [0.5, 0.6) is 0 Å². The molecule has 0 spiro atoms. The van der Waals surface area contributed by atoms with Gasteiger partial charge in [0, 0.05) is 17.1 Å². The highest BCUT2D eigenvalue weighted by molar-refractivity contribution is 9.10. The summed E-state index contributed by atoms with van der Waals surface area (Å²) in [7, 11) is -2.72. The molecule has 2 atom stereocenters. The molecule has 1 aromatic rings. The van der Waals surface area contributed by atoms with Gasteiger partial charge in [-0.3, -0.25) is 0 Å². The molecular formula is C17H21BrFN3O5S. The highest BCUT2D eigenvalue weighted by atomic mass is 79.9. The Morgan fingerprint density at radius 1 is 1.46 bits per heavy atom. The van der Waals surface area contributed by atoms with Gasteiger partial charge in [-0.05, 0) is 39.0 Å². The summed E-state index contributed by atoms with van der Waals surface area (Å²) >= 11 is 3.29. The largest absolute Gasteiger partial charge is 0.442 e. The minimum Gasteiger partial charge on any atom is -0.442 e. The molecule has 28 heavy (non-hydrogen) atoms. The maximum Gasteiger partial charge on any atom is 0.437 e. The van der Waals surface area contributed by atoms with E-state index in [1.807, 2.05) is 0 Å². The second kappa shape index (κ2) is 6.96. The molecule has 2 aliphatic rings. The first-order valence-corrected chi connectivity index (χ1v) is 10.8. The fourth-order valence-electron chi connectivity index (χ4n) is 3.24. The number of aliphatic imine (C=N–C) groups is 1. The summed E-state index contributed by atoms with van der Waals surface area (Å²) in [6.07, 6.45) is -0.959. The number of hydrogen-bond donors (Lipinski definition) is 1. The van der Waals surface area contributed by atoms with Crippen molar-refractivity contribution in [3.8, 4) is 0 Å². The summed E-state index contributed by atoms with van der Waals surface area (Å²) < 4.78 is 52.9. The van der Waals surface area contributed by atoms with Crippen molar-refractivity contribution in [3.63, 3.8) is 0 Å². The van der Waals surface area contributed by atoms with Crippen molar-refractivity contribution in [2.24, 2.45) is 4.99 Å². The third-order valence-electron chi connectivity index (χ3n) is 4.52. The van der Waals surface area contributed by atoms with Crippen molar-refractivity contribution in [1.82, 2.24) is 9.62 Å². The van der Waals surface area contributed by atoms with Crippen molar-refractivity contribution in [1.29, 1.82) is 0 Å². The quantitative estimate of drug-likeness (QED) is 0.666. The number of benzene rings is 1. The Hall–Kier alpha value is -1.72. The molecule has 8 nitrogen and oxygen atoms in total. The fourth-order valence-corrected chi connectivity index (χ4v) is 5.34. The van der Waals surface area contributed by atoms with Crippen molar-refractivity contribution < 1.29 is 27.1 Å². The van der Waals surface area contributed by atoms with Crippen LogP contribution in [0.15, 0.2) is 27.7 Å². The third-order valence-corrected chi connectivity index (χ3v) is 7.21. The number of amides is 1. The second-order valence-corrected chi connectivity index (χ2v) is 10.7. The number of nitrogens with one attached hydrogen (secondary N) is 1. The number of carbonyl (C=O) groups excluding carboxylic acids is 1. The van der Waals surface area contributed by atoms with Gasteiger partial charge in [0.2, 0.25) is 16.0 Å². The second-order valence-electron chi connectivity index (χ2n) is 7.65. The average Bonchev–Trinajstić information content (AvgIpc) is 2.99. The first-order valence-electron chi connectivity index (χ1n) is 8.48. The first kappa shape index (κ1) is 21.0. The first-order chi connectivity index (χ1) is 12.9. The normalized spacial score (nSPS) is 28.0. The molecule has 11 heteroatoms. The summed E-state index contributed by atoms with van der Waals surface area (Å²) in [5.41, 5.74) is -2.13. The molecule has 2 aliphatic heterocycles. The predicted octanol–water partition coefficient (Wildman–Crippen LogP) is 2.34. The van der Waals surface area contributed by atoms with E-state index in [-0.39, 0.29) is 24.7 Å². The molecule has 1 unspecified atom stereocenters. The Morgan fingerprint density at radius 2 is 2.14 bits per heavy atom. The Labute approximate surface area is 171 Å². The molecule has 2 saturated heterocycles. The van der Waals surface area contributed by atoms with E-state index in [9.17, 15) is 17.6 Å². The van der Waals surface area contributed by atoms with Crippen LogP contribution in [0.4, 0.5) is 9.18 Å². The van der Waals surface area contributed by atoms with E-state index in [1.54, 1.807) is 20.8 Å². The standard InChI is InChI=1S/C17H21BrFN3O5S/c1-16(2,3)27-15(23)20-14-21-17(11-7-10(18)5-6-12(11)19)9-26-8-13(17)28(24,25)22(14)4/h5-7,13H,8-9H2,1-4H3,(H,20,21,23)/t13?,17-/m1/s1. The molecule has 1 amide bonds. The summed E-state index contributed by atoms with van der Waals surface area (Å²) in [4.78, 5) is 15.9. The van der Waals surface area contributed by atoms with Gasteiger partial charge in [0.1, 0.15) is 22.2 Å². The van der Waals surface area contributed by atoms with Crippen LogP contribution in [0.1, 0.15) is 26.3 Å². The van der Waals surface area contributed by atoms with Crippen LogP contribution in [0, 0.1) is 5.82 Å². The molecular weight excluding hydrogens is 457 g/mol. The lowest BCUT2D eigenvalue weighted by molar-refractivity contribution is 0.0601. The van der Waals surface area contributed by atoms with Gasteiger partial charge in [0.15, 0.2) is 0 Å². The van der Waals surface area contributed by atoms with Gasteiger partial charge in [0.25, 0.3) is 0 Å². The van der Waals surface area contributed by atoms with Gasteiger partial charge in [-0.15, -0.1) is 4.99 Å². The Balaban J connectivity index is 2.12. The maximum atomic E-state index is 14.7. The lowest BCUT2D eigenvalue weighted by Crippen LogP contribution is -2.67. The van der Waals surface area contributed by atoms with Crippen LogP contribution in [-0.4, -0.2) is 55.9 Å². The minimum absolute atomic E-state index is 0.106. The lowest BCUT2D eigenvalue weighted by atomic mass is 9.88. The van der Waals surface area contributed by atoms with Crippen molar-refractivity contribution in [2.75, 3.05) is 20.3 Å². The van der Waals surface area contributed by atoms with E-state index < -0.39 is 38.3 Å². The number of nitrogens with zero attached hydrogens (tertiary/aromatic N) is 2. The molecule has 2 heterocycles. The van der Waals surface area contributed by atoms with Crippen molar-refractivity contribution in [3.05, 3.63) is 34.1 Å². The predicted molar refractivity (Wildman–Crippen MR) is 104 cm³/mol. The van der Waals surface area contributed by atoms with E-state index in [0.717, 1.165) is 4.31 Å². The number of sulfonamides is 1. The summed E-state index contributed by atoms with van der Waals surface area (Å²) in [6.45, 7) is 4.77. The number of hydrogen-bond acceptors (Lipinski definition) is 5. The van der Waals surface area contributed by atoms with Crippen LogP contribution in [0.3, 0.4) is 0 Å². The van der Waals surface area contributed by atoms with Crippen molar-refractivity contribution in [2.45, 2.75) is 37.2 Å². The maximum absolute atomic E-state index is 14.7. The molecule has 0 bridgehead atoms. The average molecular weight is 478 g/mol. The number of ether oxygens (including phenoxy) is 2. The van der Waals surface area contributed by atoms with Crippen LogP contribution in [0.2, 0.25) is 0 Å². The van der Waals surface area contributed by atoms with Gasteiger partial charge in [-0.2, -0.15) is 0 Å². The van der Waals surface area contributed by atoms with E-state index >= 15 is 0 Å². The molecule has 0 radical (unpaired) electrons. The number of fused-ring (bicyclic) bond motifs is 1. The summed E-state index contributed by atoms with van der Waals surface area (Å²) in [5, 5.41) is 1.85. The van der Waals surface area contributed by atoms with Crippen molar-refractivity contribution >= 4 is 38.0 Å². The highest BCUT2D eigenvalue weighted by Crippen LogP contribution is 2.41. The van der Waals surface area contributed by atoms with Gasteiger partial charge >= 0.3 is 6.09 Å². The SMILES string of the molecule is CN1/C(=N\C(=O)OC(C)(C)C)N[C@@]2(c3cc(Br)ccc3F)COCC2S1(=O)=O. The van der Waals surface area contributed by atoms with E-state index in [4.69, 9.17) is 9.47 Å². The van der Waals surface area contributed by atoms with E-state index in [0.29, 0.717) is 4.47 Å². The number of halogens is 2. The molecule has 2 fully saturated rings. The zero-order valence-corrected chi connectivity index (χ0v) is 18.2. The topological polar surface area (TPSA) is 97.3 Å². The number of guanidine groups is 1. The monoisotopic (exact) mass is 477 g/mol. The highest BCUT2D eigenvalue weighted by Gasteiger charge is 2.59. The van der Waals surface area contributed by atoms with Gasteiger partial charge in [-0.25, -0.2) is 21.9 Å². The minimum atomic E-state index is -3.99. The molecule has 1 aromatic carbocycles. The third kappa shape index (κ3) is 3.62. The van der Waals surface area contributed by atoms with Gasteiger partial charge < -0.3 is 14.8 Å². The van der Waals surface area contributed by atoms with Crippen LogP contribution < -0.4 is 5.32 Å². The molecule has 0 aromatic heterocycles. The summed E-state index contributed by atoms with van der Waals surface area (Å²) in [5.74, 6) is -0.849. The van der Waals surface area contributed by atoms with Crippen LogP contribution in [0.25, 0.3) is 0 Å². The Kier molecular flexibility index (Phi) is 5.22. The number of carbonyl (C=O) groups is 1.